The van der Waals surface area contributed by atoms with Gasteiger partial charge in [0.2, 0.25) is 0 Å². The number of phosphoric acid groups is 1. The van der Waals surface area contributed by atoms with Crippen LogP contribution in [0.5, 0.6) is 0 Å². The Morgan fingerprint density at radius 2 is 0.696 bits per heavy atom. The minimum Gasteiger partial charge on any atom is -0.790 e. The zero-order valence-electron chi connectivity index (χ0n) is 16.7. The SMILES string of the molecule is CC[N+](CC)(CC)CC.CC[N+](CC)(CC)CC.O=P([O-])([O-])O. The Labute approximate surface area is 144 Å². The zero-order valence-corrected chi connectivity index (χ0v) is 17.6. The summed E-state index contributed by atoms with van der Waals surface area (Å²) in [5, 5.41) is 0. The second kappa shape index (κ2) is 14.4. The lowest BCUT2D eigenvalue weighted by Gasteiger charge is -2.34. The zero-order chi connectivity index (χ0) is 19.2. The molecule has 0 aromatic carbocycles. The van der Waals surface area contributed by atoms with Crippen molar-refractivity contribution in [2.75, 3.05) is 52.4 Å². The van der Waals surface area contributed by atoms with Gasteiger partial charge in [-0.3, -0.25) is 0 Å². The molecule has 0 amide bonds. The number of quaternary nitrogens is 2. The van der Waals surface area contributed by atoms with E-state index < -0.39 is 7.82 Å². The number of hydrogen-bond donors (Lipinski definition) is 1. The summed E-state index contributed by atoms with van der Waals surface area (Å²) in [6, 6.07) is 0. The maximum absolute atomic E-state index is 8.66. The molecule has 0 aromatic rings. The lowest BCUT2D eigenvalue weighted by Crippen LogP contribution is -2.47. The first-order valence-corrected chi connectivity index (χ1v) is 10.4. The van der Waals surface area contributed by atoms with Crippen LogP contribution in [0.25, 0.3) is 0 Å². The topological polar surface area (TPSA) is 83.4 Å². The standard InChI is InChI=1S/2C8H20N.H3O4P/c2*1-5-9(6-2,7-3)8-4;1-5(2,3)4/h2*5-8H2,1-4H3;(H3,1,2,3,4)/q2*+1;/p-2. The van der Waals surface area contributed by atoms with Crippen molar-refractivity contribution in [3.8, 4) is 0 Å². The van der Waals surface area contributed by atoms with Gasteiger partial charge in [-0.15, -0.1) is 0 Å². The highest BCUT2D eigenvalue weighted by Gasteiger charge is 2.16. The third kappa shape index (κ3) is 15.3. The van der Waals surface area contributed by atoms with Crippen molar-refractivity contribution in [1.29, 1.82) is 0 Å². The van der Waals surface area contributed by atoms with Gasteiger partial charge in [0.25, 0.3) is 0 Å². The first-order valence-electron chi connectivity index (χ1n) is 8.93. The highest BCUT2D eigenvalue weighted by atomic mass is 31.2. The molecule has 0 bridgehead atoms. The maximum atomic E-state index is 8.66. The van der Waals surface area contributed by atoms with Crippen LogP contribution in [0.15, 0.2) is 0 Å². The lowest BCUT2D eigenvalue weighted by molar-refractivity contribution is -0.921. The molecule has 6 nitrogen and oxygen atoms in total. The summed E-state index contributed by atoms with van der Waals surface area (Å²) in [7, 11) is -5.14. The highest BCUT2D eigenvalue weighted by molar-refractivity contribution is 7.42. The molecular weight excluding hydrogens is 315 g/mol. The molecule has 0 aromatic heterocycles. The average molecular weight is 356 g/mol. The Balaban J connectivity index is -0.000000273. The van der Waals surface area contributed by atoms with Crippen molar-refractivity contribution in [2.24, 2.45) is 0 Å². The van der Waals surface area contributed by atoms with Gasteiger partial charge in [0, 0.05) is 0 Å². The van der Waals surface area contributed by atoms with Gasteiger partial charge in [0.05, 0.1) is 60.2 Å². The normalized spacial score (nSPS) is 12.0. The molecule has 7 heteroatoms. The van der Waals surface area contributed by atoms with E-state index in [0.29, 0.717) is 0 Å². The van der Waals surface area contributed by atoms with Crippen molar-refractivity contribution in [2.45, 2.75) is 55.4 Å². The average Bonchev–Trinajstić information content (AvgIpc) is 2.52. The van der Waals surface area contributed by atoms with Crippen LogP contribution in [0, 0.1) is 0 Å². The Morgan fingerprint density at radius 1 is 0.609 bits per heavy atom. The minimum atomic E-state index is -5.14. The van der Waals surface area contributed by atoms with E-state index in [1.54, 1.807) is 0 Å². The number of hydrogen-bond acceptors (Lipinski definition) is 3. The first-order chi connectivity index (χ1) is 10.5. The maximum Gasteiger partial charge on any atom is 0.0757 e. The predicted octanol–water partition coefficient (Wildman–Crippen LogP) is 1.57. The highest BCUT2D eigenvalue weighted by Crippen LogP contribution is 2.11. The fourth-order valence-corrected chi connectivity index (χ4v) is 2.68. The van der Waals surface area contributed by atoms with Gasteiger partial charge in [0.15, 0.2) is 0 Å². The van der Waals surface area contributed by atoms with E-state index in [0.717, 1.165) is 0 Å². The number of nitrogens with zero attached hydrogens (tertiary/aromatic N) is 2. The fraction of sp³-hybridized carbons (Fsp3) is 1.00. The van der Waals surface area contributed by atoms with E-state index in [1.807, 2.05) is 0 Å². The lowest BCUT2D eigenvalue weighted by atomic mass is 10.3. The summed E-state index contributed by atoms with van der Waals surface area (Å²) in [4.78, 5) is 24.3. The molecule has 0 rings (SSSR count). The van der Waals surface area contributed by atoms with Crippen molar-refractivity contribution < 1.29 is 28.2 Å². The quantitative estimate of drug-likeness (QED) is 0.529. The Hall–Kier alpha value is 0.0300. The van der Waals surface area contributed by atoms with Crippen LogP contribution in [-0.4, -0.2) is 66.2 Å². The van der Waals surface area contributed by atoms with Gasteiger partial charge in [-0.05, 0) is 55.4 Å². The third-order valence-corrected chi connectivity index (χ3v) is 5.37. The molecule has 0 aliphatic carbocycles. The van der Waals surface area contributed by atoms with Gasteiger partial charge in [-0.2, -0.15) is 0 Å². The van der Waals surface area contributed by atoms with E-state index in [4.69, 9.17) is 19.2 Å². The van der Waals surface area contributed by atoms with Crippen LogP contribution in [0.2, 0.25) is 0 Å². The van der Waals surface area contributed by atoms with Gasteiger partial charge in [-0.1, -0.05) is 0 Å². The molecule has 144 valence electrons. The molecule has 0 saturated carbocycles. The van der Waals surface area contributed by atoms with Crippen LogP contribution >= 0.6 is 7.82 Å². The Morgan fingerprint density at radius 3 is 0.696 bits per heavy atom. The molecule has 0 heterocycles. The van der Waals surface area contributed by atoms with Crippen LogP contribution in [0.1, 0.15) is 55.4 Å². The van der Waals surface area contributed by atoms with E-state index in [1.165, 1.54) is 61.3 Å². The smallest absolute Gasteiger partial charge is 0.0757 e. The summed E-state index contributed by atoms with van der Waals surface area (Å²) in [6.45, 7) is 28.4. The summed E-state index contributed by atoms with van der Waals surface area (Å²) < 4.78 is 11.2. The third-order valence-electron chi connectivity index (χ3n) is 5.37. The second-order valence-electron chi connectivity index (χ2n) is 5.68. The van der Waals surface area contributed by atoms with E-state index in [9.17, 15) is 0 Å². The van der Waals surface area contributed by atoms with Crippen molar-refractivity contribution in [3.63, 3.8) is 0 Å². The van der Waals surface area contributed by atoms with Gasteiger partial charge in [0.1, 0.15) is 0 Å². The molecule has 0 unspecified atom stereocenters. The molecule has 0 atom stereocenters. The van der Waals surface area contributed by atoms with E-state index >= 15 is 0 Å². The van der Waals surface area contributed by atoms with Gasteiger partial charge < -0.3 is 28.2 Å². The molecule has 0 saturated heterocycles. The van der Waals surface area contributed by atoms with Crippen molar-refractivity contribution in [3.05, 3.63) is 0 Å². The largest absolute Gasteiger partial charge is 0.790 e. The second-order valence-corrected chi connectivity index (χ2v) is 6.62. The minimum absolute atomic E-state index is 1.28. The van der Waals surface area contributed by atoms with E-state index in [-0.39, 0.29) is 0 Å². The summed E-state index contributed by atoms with van der Waals surface area (Å²) in [5.74, 6) is 0. The first kappa shape index (κ1) is 27.9. The van der Waals surface area contributed by atoms with Crippen LogP contribution in [0.4, 0.5) is 0 Å². The molecular formula is C16H41N2O4P. The Kier molecular flexibility index (Phi) is 17.4. The van der Waals surface area contributed by atoms with Crippen molar-refractivity contribution in [1.82, 2.24) is 0 Å². The molecule has 0 aliphatic rings. The van der Waals surface area contributed by atoms with Gasteiger partial charge in [-0.25, -0.2) is 0 Å². The molecule has 0 radical (unpaired) electrons. The molecule has 0 fully saturated rings. The molecule has 0 aliphatic heterocycles. The van der Waals surface area contributed by atoms with E-state index in [2.05, 4.69) is 55.4 Å². The Bertz CT molecular complexity index is 237. The van der Waals surface area contributed by atoms with Crippen LogP contribution in [-0.2, 0) is 4.57 Å². The van der Waals surface area contributed by atoms with Crippen LogP contribution in [0.3, 0.4) is 0 Å². The summed E-state index contributed by atoms with van der Waals surface area (Å²) in [6.07, 6.45) is 0. The predicted molar refractivity (Wildman–Crippen MR) is 94.7 cm³/mol. The molecule has 0 spiro atoms. The fourth-order valence-electron chi connectivity index (χ4n) is 2.68. The van der Waals surface area contributed by atoms with Crippen LogP contribution < -0.4 is 9.79 Å². The molecule has 23 heavy (non-hydrogen) atoms. The van der Waals surface area contributed by atoms with Gasteiger partial charge >= 0.3 is 0 Å². The summed E-state index contributed by atoms with van der Waals surface area (Å²) >= 11 is 0. The van der Waals surface area contributed by atoms with Crippen molar-refractivity contribution >= 4 is 7.82 Å². The number of rotatable bonds is 8. The summed E-state index contributed by atoms with van der Waals surface area (Å²) in [5.41, 5.74) is 0. The monoisotopic (exact) mass is 356 g/mol. The molecule has 1 N–H and O–H groups in total.